The monoisotopic (exact) mass is 346 g/mol. The van der Waals surface area contributed by atoms with Crippen LogP contribution in [0.2, 0.25) is 0 Å². The summed E-state index contributed by atoms with van der Waals surface area (Å²) >= 11 is 0. The Balaban J connectivity index is 1.97. The molecule has 0 aliphatic carbocycles. The summed E-state index contributed by atoms with van der Waals surface area (Å²) < 4.78 is 44.9. The van der Waals surface area contributed by atoms with Gasteiger partial charge in [0.05, 0.1) is 12.6 Å². The minimum atomic E-state index is -4.62. The quantitative estimate of drug-likeness (QED) is 0.707. The Hall–Kier alpha value is -2.90. The fourth-order valence-electron chi connectivity index (χ4n) is 3.00. The molecule has 1 aliphatic rings. The lowest BCUT2D eigenvalue weighted by atomic mass is 10.2. The van der Waals surface area contributed by atoms with Crippen LogP contribution in [-0.2, 0) is 12.6 Å². The molecule has 1 aromatic carbocycles. The van der Waals surface area contributed by atoms with Crippen LogP contribution in [0.1, 0.15) is 11.4 Å². The van der Waals surface area contributed by atoms with Gasteiger partial charge in [0.2, 0.25) is 5.82 Å². The van der Waals surface area contributed by atoms with E-state index >= 15 is 0 Å². The highest BCUT2D eigenvalue weighted by atomic mass is 19.4. The third kappa shape index (κ3) is 2.63. The third-order valence-electron chi connectivity index (χ3n) is 4.17. The number of rotatable bonds is 2. The highest BCUT2D eigenvalue weighted by Gasteiger charge is 2.36. The zero-order valence-electron chi connectivity index (χ0n) is 13.2. The highest BCUT2D eigenvalue weighted by molar-refractivity contribution is 5.93. The van der Waals surface area contributed by atoms with Crippen molar-refractivity contribution >= 4 is 22.4 Å². The first-order valence-corrected chi connectivity index (χ1v) is 7.61. The number of hydrogen-bond acceptors (Lipinski definition) is 5. The SMILES string of the molecule is COc1ccc2nc(C(F)(F)F)nc(N3CCc4cnccc43)c2c1. The molecule has 0 amide bonds. The minimum Gasteiger partial charge on any atom is -0.497 e. The summed E-state index contributed by atoms with van der Waals surface area (Å²) in [5.41, 5.74) is 2.01. The van der Waals surface area contributed by atoms with E-state index in [9.17, 15) is 13.2 Å². The number of ether oxygens (including phenoxy) is 1. The maximum absolute atomic E-state index is 13.2. The van der Waals surface area contributed by atoms with Crippen molar-refractivity contribution in [3.05, 3.63) is 48.0 Å². The first-order chi connectivity index (χ1) is 12.0. The molecule has 2 aromatic heterocycles. The van der Waals surface area contributed by atoms with Gasteiger partial charge in [-0.05, 0) is 36.2 Å². The predicted molar refractivity (Wildman–Crippen MR) is 86.0 cm³/mol. The highest BCUT2D eigenvalue weighted by Crippen LogP contribution is 2.39. The summed E-state index contributed by atoms with van der Waals surface area (Å²) in [4.78, 5) is 13.4. The van der Waals surface area contributed by atoms with Crippen LogP contribution in [0.15, 0.2) is 36.7 Å². The second-order valence-corrected chi connectivity index (χ2v) is 5.66. The fourth-order valence-corrected chi connectivity index (χ4v) is 3.00. The van der Waals surface area contributed by atoms with Crippen molar-refractivity contribution in [3.8, 4) is 5.75 Å². The summed E-state index contributed by atoms with van der Waals surface area (Å²) in [7, 11) is 1.50. The summed E-state index contributed by atoms with van der Waals surface area (Å²) in [6, 6.07) is 6.53. The van der Waals surface area contributed by atoms with Gasteiger partial charge in [-0.2, -0.15) is 13.2 Å². The maximum Gasteiger partial charge on any atom is 0.451 e. The molecule has 3 aromatic rings. The lowest BCUT2D eigenvalue weighted by molar-refractivity contribution is -0.144. The van der Waals surface area contributed by atoms with E-state index in [0.717, 1.165) is 11.3 Å². The van der Waals surface area contributed by atoms with E-state index in [1.54, 1.807) is 35.5 Å². The molecular formula is C17H13F3N4O. The standard InChI is InChI=1S/C17H13F3N4O/c1-25-11-2-3-13-12(8-11)15(23-16(22-13)17(18,19)20)24-7-5-10-9-21-6-4-14(10)24/h2-4,6,8-9H,5,7H2,1H3. The number of methoxy groups -OCH3 is 1. The van der Waals surface area contributed by atoms with Crippen molar-refractivity contribution in [1.82, 2.24) is 15.0 Å². The molecule has 0 atom stereocenters. The summed E-state index contributed by atoms with van der Waals surface area (Å²) in [6.07, 6.45) is -0.584. The predicted octanol–water partition coefficient (Wildman–Crippen LogP) is 3.75. The first kappa shape index (κ1) is 15.6. The van der Waals surface area contributed by atoms with Gasteiger partial charge in [-0.3, -0.25) is 4.98 Å². The van der Waals surface area contributed by atoms with Gasteiger partial charge in [-0.1, -0.05) is 0 Å². The molecular weight excluding hydrogens is 333 g/mol. The molecule has 8 heteroatoms. The molecule has 0 saturated heterocycles. The van der Waals surface area contributed by atoms with E-state index in [0.29, 0.717) is 24.1 Å². The summed E-state index contributed by atoms with van der Waals surface area (Å²) in [5.74, 6) is -0.393. The second-order valence-electron chi connectivity index (χ2n) is 5.66. The van der Waals surface area contributed by atoms with E-state index in [1.165, 1.54) is 13.2 Å². The van der Waals surface area contributed by atoms with Crippen molar-refractivity contribution in [2.75, 3.05) is 18.6 Å². The molecule has 0 unspecified atom stereocenters. The summed E-state index contributed by atoms with van der Waals surface area (Å²) in [5, 5.41) is 0.511. The van der Waals surface area contributed by atoms with Crippen LogP contribution in [-0.4, -0.2) is 28.6 Å². The first-order valence-electron chi connectivity index (χ1n) is 7.61. The van der Waals surface area contributed by atoms with Gasteiger partial charge < -0.3 is 9.64 Å². The van der Waals surface area contributed by atoms with Crippen molar-refractivity contribution in [2.45, 2.75) is 12.6 Å². The molecule has 5 nitrogen and oxygen atoms in total. The Morgan fingerprint density at radius 1 is 1.16 bits per heavy atom. The van der Waals surface area contributed by atoms with Gasteiger partial charge in [0.25, 0.3) is 0 Å². The van der Waals surface area contributed by atoms with Crippen LogP contribution in [0, 0.1) is 0 Å². The number of aromatic nitrogens is 3. The number of benzene rings is 1. The lowest BCUT2D eigenvalue weighted by Gasteiger charge is -2.21. The van der Waals surface area contributed by atoms with Gasteiger partial charge in [0.1, 0.15) is 11.6 Å². The lowest BCUT2D eigenvalue weighted by Crippen LogP contribution is -2.19. The normalized spacial score (nSPS) is 14.0. The molecule has 0 bridgehead atoms. The molecule has 128 valence electrons. The second kappa shape index (κ2) is 5.58. The molecule has 25 heavy (non-hydrogen) atoms. The van der Waals surface area contributed by atoms with Crippen LogP contribution >= 0.6 is 0 Å². The zero-order chi connectivity index (χ0) is 17.6. The molecule has 4 rings (SSSR count). The maximum atomic E-state index is 13.2. The fraction of sp³-hybridized carbons (Fsp3) is 0.235. The molecule has 1 aliphatic heterocycles. The number of alkyl halides is 3. The third-order valence-corrected chi connectivity index (χ3v) is 4.17. The smallest absolute Gasteiger partial charge is 0.451 e. The van der Waals surface area contributed by atoms with Gasteiger partial charge in [0, 0.05) is 30.0 Å². The topological polar surface area (TPSA) is 51.1 Å². The number of fused-ring (bicyclic) bond motifs is 2. The number of nitrogens with zero attached hydrogens (tertiary/aromatic N) is 4. The van der Waals surface area contributed by atoms with Crippen molar-refractivity contribution in [3.63, 3.8) is 0 Å². The van der Waals surface area contributed by atoms with E-state index in [4.69, 9.17) is 4.74 Å². The summed E-state index contributed by atoms with van der Waals surface area (Å²) in [6.45, 7) is 0.529. The van der Waals surface area contributed by atoms with Crippen molar-refractivity contribution < 1.29 is 17.9 Å². The Bertz CT molecular complexity index is 958. The molecule has 3 heterocycles. The number of pyridine rings is 1. The molecule has 0 fully saturated rings. The Morgan fingerprint density at radius 3 is 2.76 bits per heavy atom. The zero-order valence-corrected chi connectivity index (χ0v) is 13.2. The number of hydrogen-bond donors (Lipinski definition) is 0. The van der Waals surface area contributed by atoms with Gasteiger partial charge >= 0.3 is 6.18 Å². The average Bonchev–Trinajstić information content (AvgIpc) is 3.03. The van der Waals surface area contributed by atoms with E-state index < -0.39 is 12.0 Å². The van der Waals surface area contributed by atoms with E-state index in [1.807, 2.05) is 0 Å². The molecule has 0 radical (unpaired) electrons. The number of halogens is 3. The molecule has 0 spiro atoms. The van der Waals surface area contributed by atoms with Crippen LogP contribution in [0.3, 0.4) is 0 Å². The van der Waals surface area contributed by atoms with Crippen molar-refractivity contribution in [2.24, 2.45) is 0 Å². The van der Waals surface area contributed by atoms with Crippen LogP contribution in [0.5, 0.6) is 5.75 Å². The van der Waals surface area contributed by atoms with Crippen LogP contribution in [0.4, 0.5) is 24.7 Å². The average molecular weight is 346 g/mol. The molecule has 0 N–H and O–H groups in total. The van der Waals surface area contributed by atoms with Gasteiger partial charge in [-0.15, -0.1) is 0 Å². The van der Waals surface area contributed by atoms with Gasteiger partial charge in [0.15, 0.2) is 0 Å². The minimum absolute atomic E-state index is 0.223. The molecule has 0 saturated carbocycles. The van der Waals surface area contributed by atoms with E-state index in [2.05, 4.69) is 15.0 Å². The van der Waals surface area contributed by atoms with Crippen LogP contribution < -0.4 is 9.64 Å². The Morgan fingerprint density at radius 2 is 2.00 bits per heavy atom. The van der Waals surface area contributed by atoms with Crippen LogP contribution in [0.25, 0.3) is 10.9 Å². The van der Waals surface area contributed by atoms with Crippen molar-refractivity contribution in [1.29, 1.82) is 0 Å². The Labute approximate surface area is 141 Å². The Kier molecular flexibility index (Phi) is 3.48. The largest absolute Gasteiger partial charge is 0.497 e. The van der Waals surface area contributed by atoms with E-state index in [-0.39, 0.29) is 11.3 Å². The van der Waals surface area contributed by atoms with Gasteiger partial charge in [-0.25, -0.2) is 9.97 Å². The number of anilines is 2.